The van der Waals surface area contributed by atoms with Crippen LogP contribution in [0.2, 0.25) is 0 Å². The Hall–Kier alpha value is -2.67. The lowest BCUT2D eigenvalue weighted by Gasteiger charge is -2.17. The Morgan fingerprint density at radius 3 is 2.62 bits per heavy atom. The van der Waals surface area contributed by atoms with E-state index in [4.69, 9.17) is 17.0 Å². The van der Waals surface area contributed by atoms with E-state index in [-0.39, 0.29) is 5.91 Å². The first-order valence-corrected chi connectivity index (χ1v) is 7.85. The van der Waals surface area contributed by atoms with Crippen molar-refractivity contribution in [1.82, 2.24) is 15.1 Å². The summed E-state index contributed by atoms with van der Waals surface area (Å²) in [5.74, 6) is 0.372. The molecular weight excluding hydrogens is 324 g/mol. The lowest BCUT2D eigenvalue weighted by atomic mass is 10.1. The van der Waals surface area contributed by atoms with Crippen molar-refractivity contribution in [2.45, 2.75) is 13.8 Å². The molecule has 24 heavy (non-hydrogen) atoms. The number of nitrogens with zero attached hydrogens (tertiary/aromatic N) is 3. The zero-order valence-electron chi connectivity index (χ0n) is 14.0. The van der Waals surface area contributed by atoms with E-state index in [9.17, 15) is 4.79 Å². The summed E-state index contributed by atoms with van der Waals surface area (Å²) in [6.07, 6.45) is 1.79. The minimum absolute atomic E-state index is 0.216. The summed E-state index contributed by atoms with van der Waals surface area (Å²) in [7, 11) is 3.44. The number of aromatic nitrogens is 2. The molecule has 0 radical (unpaired) electrons. The van der Waals surface area contributed by atoms with Crippen LogP contribution in [0.5, 0.6) is 5.75 Å². The van der Waals surface area contributed by atoms with Crippen LogP contribution >= 0.6 is 12.2 Å². The second-order valence-corrected chi connectivity index (χ2v) is 5.90. The van der Waals surface area contributed by atoms with E-state index in [1.807, 2.05) is 33.0 Å². The average Bonchev–Trinajstić information content (AvgIpc) is 2.97. The molecule has 0 bridgehead atoms. The third-order valence-electron chi connectivity index (χ3n) is 4.06. The Balaban J connectivity index is 2.02. The maximum absolute atomic E-state index is 12.8. The second-order valence-electron chi connectivity index (χ2n) is 5.51. The molecule has 1 fully saturated rings. The topological polar surface area (TPSA) is 59.4 Å². The normalized spacial score (nSPS) is 16.0. The SMILES string of the molecule is COc1ccccc1N1C(=O)/C(=C\c2c(C)nn(C)c2C)NC1=S. The van der Waals surface area contributed by atoms with Crippen molar-refractivity contribution >= 4 is 35.0 Å². The molecule has 0 aliphatic carbocycles. The number of carbonyl (C=O) groups is 1. The zero-order valence-corrected chi connectivity index (χ0v) is 14.8. The van der Waals surface area contributed by atoms with Crippen LogP contribution in [0.1, 0.15) is 17.0 Å². The highest BCUT2D eigenvalue weighted by Crippen LogP contribution is 2.31. The first-order chi connectivity index (χ1) is 11.4. The van der Waals surface area contributed by atoms with E-state index in [2.05, 4.69) is 10.4 Å². The van der Waals surface area contributed by atoms with E-state index in [0.29, 0.717) is 22.2 Å². The van der Waals surface area contributed by atoms with E-state index in [1.165, 1.54) is 4.90 Å². The third-order valence-corrected chi connectivity index (χ3v) is 4.34. The number of benzene rings is 1. The van der Waals surface area contributed by atoms with Crippen LogP contribution < -0.4 is 15.0 Å². The predicted molar refractivity (Wildman–Crippen MR) is 96.9 cm³/mol. The van der Waals surface area contributed by atoms with Crippen molar-refractivity contribution in [1.29, 1.82) is 0 Å². The number of rotatable bonds is 3. The van der Waals surface area contributed by atoms with Gasteiger partial charge in [-0.2, -0.15) is 5.10 Å². The molecule has 6 nitrogen and oxygen atoms in total. The Morgan fingerprint density at radius 1 is 1.29 bits per heavy atom. The number of thiocarbonyl (C=S) groups is 1. The molecule has 0 saturated carbocycles. The van der Waals surface area contributed by atoms with E-state index >= 15 is 0 Å². The fourth-order valence-electron chi connectivity index (χ4n) is 2.71. The maximum atomic E-state index is 12.8. The van der Waals surface area contributed by atoms with Crippen LogP contribution in [0, 0.1) is 13.8 Å². The summed E-state index contributed by atoms with van der Waals surface area (Å²) < 4.78 is 7.12. The fourth-order valence-corrected chi connectivity index (χ4v) is 3.00. The standard InChI is InChI=1S/C17H18N4O2S/c1-10-12(11(2)20(3)19-10)9-13-16(22)21(17(24)18-13)14-7-5-6-8-15(14)23-4/h5-9H,1-4H3,(H,18,24)/b13-9+. The van der Waals surface area contributed by atoms with E-state index in [0.717, 1.165) is 17.0 Å². The molecule has 0 unspecified atom stereocenters. The Kier molecular flexibility index (Phi) is 4.11. The summed E-state index contributed by atoms with van der Waals surface area (Å²) in [4.78, 5) is 14.3. The first kappa shape index (κ1) is 16.2. The van der Waals surface area contributed by atoms with Crippen molar-refractivity contribution in [3.8, 4) is 5.75 Å². The highest BCUT2D eigenvalue weighted by atomic mass is 32.1. The fraction of sp³-hybridized carbons (Fsp3) is 0.235. The minimum Gasteiger partial charge on any atom is -0.495 e. The van der Waals surface area contributed by atoms with Gasteiger partial charge in [0.2, 0.25) is 0 Å². The lowest BCUT2D eigenvalue weighted by Crippen LogP contribution is -2.30. The van der Waals surface area contributed by atoms with Gasteiger partial charge in [-0.25, -0.2) is 4.90 Å². The van der Waals surface area contributed by atoms with Gasteiger partial charge in [0, 0.05) is 18.3 Å². The zero-order chi connectivity index (χ0) is 17.4. The number of amides is 1. The summed E-state index contributed by atoms with van der Waals surface area (Å²) in [5, 5.41) is 7.69. The summed E-state index contributed by atoms with van der Waals surface area (Å²) in [5.41, 5.74) is 3.80. The number of aryl methyl sites for hydroxylation is 2. The van der Waals surface area contributed by atoms with Crippen molar-refractivity contribution in [2.24, 2.45) is 7.05 Å². The quantitative estimate of drug-likeness (QED) is 0.685. The van der Waals surface area contributed by atoms with Gasteiger partial charge in [-0.3, -0.25) is 9.48 Å². The minimum atomic E-state index is -0.216. The van der Waals surface area contributed by atoms with Crippen LogP contribution in [-0.2, 0) is 11.8 Å². The van der Waals surface area contributed by atoms with Crippen molar-refractivity contribution in [2.75, 3.05) is 12.0 Å². The average molecular weight is 342 g/mol. The van der Waals surface area contributed by atoms with Gasteiger partial charge in [-0.05, 0) is 44.3 Å². The predicted octanol–water partition coefficient (Wildman–Crippen LogP) is 2.31. The second kappa shape index (κ2) is 6.09. The van der Waals surface area contributed by atoms with Gasteiger partial charge in [-0.1, -0.05) is 12.1 Å². The molecule has 0 atom stereocenters. The number of ether oxygens (including phenoxy) is 1. The molecule has 124 valence electrons. The van der Waals surface area contributed by atoms with Crippen molar-refractivity contribution < 1.29 is 9.53 Å². The molecular formula is C17H18N4O2S. The van der Waals surface area contributed by atoms with Crippen LogP contribution in [0.15, 0.2) is 30.0 Å². The van der Waals surface area contributed by atoms with E-state index < -0.39 is 0 Å². The number of carbonyl (C=O) groups excluding carboxylic acids is 1. The smallest absolute Gasteiger partial charge is 0.281 e. The highest BCUT2D eigenvalue weighted by Gasteiger charge is 2.34. The van der Waals surface area contributed by atoms with Gasteiger partial charge in [0.25, 0.3) is 5.91 Å². The largest absolute Gasteiger partial charge is 0.495 e. The Labute approximate surface area is 145 Å². The number of hydrogen-bond acceptors (Lipinski definition) is 4. The molecule has 1 amide bonds. The molecule has 1 aromatic carbocycles. The molecule has 2 heterocycles. The molecule has 1 saturated heterocycles. The van der Waals surface area contributed by atoms with Gasteiger partial charge < -0.3 is 10.1 Å². The van der Waals surface area contributed by atoms with Crippen LogP contribution in [-0.4, -0.2) is 27.9 Å². The Bertz CT molecular complexity index is 869. The highest BCUT2D eigenvalue weighted by molar-refractivity contribution is 7.80. The number of hydrogen-bond donors (Lipinski definition) is 1. The monoisotopic (exact) mass is 342 g/mol. The van der Waals surface area contributed by atoms with Gasteiger partial charge in [0.15, 0.2) is 5.11 Å². The molecule has 0 spiro atoms. The van der Waals surface area contributed by atoms with Gasteiger partial charge in [0.1, 0.15) is 11.4 Å². The number of methoxy groups -OCH3 is 1. The summed E-state index contributed by atoms with van der Waals surface area (Å²) >= 11 is 5.35. The maximum Gasteiger partial charge on any atom is 0.281 e. The summed E-state index contributed by atoms with van der Waals surface area (Å²) in [6.45, 7) is 3.87. The van der Waals surface area contributed by atoms with Gasteiger partial charge >= 0.3 is 0 Å². The first-order valence-electron chi connectivity index (χ1n) is 7.44. The number of nitrogens with one attached hydrogen (secondary N) is 1. The molecule has 1 N–H and O–H groups in total. The van der Waals surface area contributed by atoms with Crippen LogP contribution in [0.3, 0.4) is 0 Å². The third kappa shape index (κ3) is 2.56. The molecule has 2 aromatic rings. The molecule has 1 aliphatic heterocycles. The number of para-hydroxylation sites is 2. The Morgan fingerprint density at radius 2 is 2.00 bits per heavy atom. The van der Waals surface area contributed by atoms with Crippen LogP contribution in [0.25, 0.3) is 6.08 Å². The van der Waals surface area contributed by atoms with Crippen molar-refractivity contribution in [3.05, 3.63) is 46.9 Å². The lowest BCUT2D eigenvalue weighted by molar-refractivity contribution is -0.113. The van der Waals surface area contributed by atoms with Gasteiger partial charge in [-0.15, -0.1) is 0 Å². The molecule has 1 aliphatic rings. The van der Waals surface area contributed by atoms with Gasteiger partial charge in [0.05, 0.1) is 18.5 Å². The summed E-state index contributed by atoms with van der Waals surface area (Å²) in [6, 6.07) is 7.28. The number of anilines is 1. The van der Waals surface area contributed by atoms with E-state index in [1.54, 1.807) is 30.0 Å². The van der Waals surface area contributed by atoms with Crippen LogP contribution in [0.4, 0.5) is 5.69 Å². The molecule has 1 aromatic heterocycles. The molecule has 3 rings (SSSR count). The van der Waals surface area contributed by atoms with Crippen molar-refractivity contribution in [3.63, 3.8) is 0 Å². The molecule has 7 heteroatoms.